The van der Waals surface area contributed by atoms with E-state index in [2.05, 4.69) is 10.6 Å². The lowest BCUT2D eigenvalue weighted by atomic mass is 10.4. The largest absolute Gasteiger partial charge is 0.374 e. The number of nitrogens with zero attached hydrogens (tertiary/aromatic N) is 2. The quantitative estimate of drug-likeness (QED) is 0.586. The zero-order chi connectivity index (χ0) is 14.9. The third kappa shape index (κ3) is 2.59. The normalized spacial score (nSPS) is 16.8. The van der Waals surface area contributed by atoms with Crippen molar-refractivity contribution in [1.82, 2.24) is 9.62 Å². The van der Waals surface area contributed by atoms with Crippen LogP contribution in [0, 0.1) is 10.1 Å². The number of amides is 1. The lowest BCUT2D eigenvalue weighted by Crippen LogP contribution is -2.49. The van der Waals surface area contributed by atoms with Gasteiger partial charge in [-0.1, -0.05) is 11.3 Å². The molecular weight excluding hydrogens is 308 g/mol. The van der Waals surface area contributed by atoms with E-state index in [4.69, 9.17) is 0 Å². The fourth-order valence-electron chi connectivity index (χ4n) is 1.75. The third-order valence-corrected chi connectivity index (χ3v) is 6.15. The number of sulfonamides is 1. The molecule has 0 radical (unpaired) electrons. The average molecular weight is 320 g/mol. The highest BCUT2D eigenvalue weighted by Gasteiger charge is 2.33. The SMILES string of the molecule is CNc1sc(S(=O)(=O)N2CCNC(=O)C2)cc1[N+](=O)[O-]. The summed E-state index contributed by atoms with van der Waals surface area (Å²) in [6.45, 7) is 0.0992. The summed E-state index contributed by atoms with van der Waals surface area (Å²) in [6.07, 6.45) is 0. The van der Waals surface area contributed by atoms with Crippen LogP contribution in [0.4, 0.5) is 10.7 Å². The van der Waals surface area contributed by atoms with Crippen LogP contribution in [0.25, 0.3) is 0 Å². The first-order valence-electron chi connectivity index (χ1n) is 5.59. The molecule has 2 rings (SSSR count). The summed E-state index contributed by atoms with van der Waals surface area (Å²) in [4.78, 5) is 21.5. The van der Waals surface area contributed by atoms with Gasteiger partial charge in [0.1, 0.15) is 4.21 Å². The van der Waals surface area contributed by atoms with Gasteiger partial charge in [-0.3, -0.25) is 14.9 Å². The molecule has 1 aromatic heterocycles. The van der Waals surface area contributed by atoms with Crippen molar-refractivity contribution in [2.45, 2.75) is 4.21 Å². The molecule has 9 nitrogen and oxygen atoms in total. The average Bonchev–Trinajstić information content (AvgIpc) is 2.83. The molecule has 0 saturated carbocycles. The third-order valence-electron chi connectivity index (χ3n) is 2.71. The number of anilines is 1. The lowest BCUT2D eigenvalue weighted by molar-refractivity contribution is -0.383. The van der Waals surface area contributed by atoms with Gasteiger partial charge in [0.15, 0.2) is 5.00 Å². The zero-order valence-electron chi connectivity index (χ0n) is 10.5. The minimum absolute atomic E-state index is 0.147. The van der Waals surface area contributed by atoms with Crippen molar-refractivity contribution in [2.24, 2.45) is 0 Å². The van der Waals surface area contributed by atoms with Gasteiger partial charge in [0.2, 0.25) is 5.91 Å². The molecule has 20 heavy (non-hydrogen) atoms. The molecule has 0 aromatic carbocycles. The van der Waals surface area contributed by atoms with Crippen molar-refractivity contribution in [2.75, 3.05) is 32.0 Å². The summed E-state index contributed by atoms with van der Waals surface area (Å²) in [5, 5.41) is 16.1. The first-order chi connectivity index (χ1) is 9.36. The topological polar surface area (TPSA) is 122 Å². The number of hydrogen-bond donors (Lipinski definition) is 2. The van der Waals surface area contributed by atoms with Gasteiger partial charge in [-0.25, -0.2) is 8.42 Å². The molecule has 1 aliphatic rings. The Hall–Kier alpha value is -1.72. The highest BCUT2D eigenvalue weighted by molar-refractivity contribution is 7.91. The summed E-state index contributed by atoms with van der Waals surface area (Å²) in [6, 6.07) is 1.01. The number of rotatable bonds is 4. The summed E-state index contributed by atoms with van der Waals surface area (Å²) >= 11 is 0.776. The van der Waals surface area contributed by atoms with Crippen molar-refractivity contribution in [3.63, 3.8) is 0 Å². The number of hydrogen-bond acceptors (Lipinski definition) is 7. The second kappa shape index (κ2) is 5.34. The molecule has 2 N–H and O–H groups in total. The maximum atomic E-state index is 12.3. The predicted octanol–water partition coefficient (Wildman–Crippen LogP) is -0.181. The van der Waals surface area contributed by atoms with Gasteiger partial charge < -0.3 is 10.6 Å². The molecule has 0 bridgehead atoms. The molecular formula is C9H12N4O5S2. The molecule has 1 aromatic rings. The van der Waals surface area contributed by atoms with E-state index in [1.54, 1.807) is 0 Å². The molecule has 0 spiro atoms. The first-order valence-corrected chi connectivity index (χ1v) is 7.84. The van der Waals surface area contributed by atoms with E-state index in [1.807, 2.05) is 0 Å². The fourth-order valence-corrected chi connectivity index (χ4v) is 4.58. The minimum atomic E-state index is -3.89. The van der Waals surface area contributed by atoms with Gasteiger partial charge in [-0.15, -0.1) is 0 Å². The summed E-state index contributed by atoms with van der Waals surface area (Å²) < 4.78 is 25.6. The number of nitro groups is 1. The maximum absolute atomic E-state index is 12.3. The monoisotopic (exact) mass is 320 g/mol. The number of thiophene rings is 1. The number of piperazine rings is 1. The van der Waals surface area contributed by atoms with Crippen molar-refractivity contribution >= 4 is 38.0 Å². The van der Waals surface area contributed by atoms with Crippen LogP contribution >= 0.6 is 11.3 Å². The Bertz CT molecular complexity index is 653. The highest BCUT2D eigenvalue weighted by Crippen LogP contribution is 2.37. The number of carbonyl (C=O) groups excluding carboxylic acids is 1. The Labute approximate surface area is 118 Å². The molecule has 1 amide bonds. The van der Waals surface area contributed by atoms with Crippen LogP contribution in [0.2, 0.25) is 0 Å². The number of nitrogens with one attached hydrogen (secondary N) is 2. The van der Waals surface area contributed by atoms with Crippen LogP contribution in [-0.4, -0.2) is 50.2 Å². The van der Waals surface area contributed by atoms with Crippen molar-refractivity contribution < 1.29 is 18.1 Å². The standard InChI is InChI=1S/C9H12N4O5S2/c1-10-9-6(13(15)16)4-8(19-9)20(17,18)12-3-2-11-7(14)5-12/h4,10H,2-3,5H2,1H3,(H,11,14). The van der Waals surface area contributed by atoms with Crippen LogP contribution < -0.4 is 10.6 Å². The Kier molecular flexibility index (Phi) is 3.92. The zero-order valence-corrected chi connectivity index (χ0v) is 12.1. The Morgan fingerprint density at radius 3 is 2.75 bits per heavy atom. The van der Waals surface area contributed by atoms with E-state index in [9.17, 15) is 23.3 Å². The Morgan fingerprint density at radius 1 is 1.55 bits per heavy atom. The van der Waals surface area contributed by atoms with Gasteiger partial charge in [0.25, 0.3) is 10.0 Å². The van der Waals surface area contributed by atoms with Crippen LogP contribution in [0.3, 0.4) is 0 Å². The molecule has 1 saturated heterocycles. The maximum Gasteiger partial charge on any atom is 0.304 e. The van der Waals surface area contributed by atoms with E-state index in [-0.39, 0.29) is 40.4 Å². The second-order valence-electron chi connectivity index (χ2n) is 3.98. The number of carbonyl (C=O) groups is 1. The predicted molar refractivity (Wildman–Crippen MR) is 72.3 cm³/mol. The fraction of sp³-hybridized carbons (Fsp3) is 0.444. The summed E-state index contributed by atoms with van der Waals surface area (Å²) in [5.41, 5.74) is -0.294. The van der Waals surface area contributed by atoms with Crippen LogP contribution in [0.15, 0.2) is 10.3 Å². The summed E-state index contributed by atoms with van der Waals surface area (Å²) in [5.74, 6) is -0.389. The van der Waals surface area contributed by atoms with E-state index < -0.39 is 14.9 Å². The first kappa shape index (κ1) is 14.7. The van der Waals surface area contributed by atoms with Crippen molar-refractivity contribution in [3.8, 4) is 0 Å². The van der Waals surface area contributed by atoms with Crippen molar-refractivity contribution in [3.05, 3.63) is 16.2 Å². The van der Waals surface area contributed by atoms with Crippen LogP contribution in [0.5, 0.6) is 0 Å². The molecule has 0 aliphatic carbocycles. The molecule has 1 aliphatic heterocycles. The van der Waals surface area contributed by atoms with Crippen molar-refractivity contribution in [1.29, 1.82) is 0 Å². The smallest absolute Gasteiger partial charge is 0.304 e. The van der Waals surface area contributed by atoms with E-state index in [0.717, 1.165) is 21.7 Å². The second-order valence-corrected chi connectivity index (χ2v) is 7.19. The molecule has 0 unspecified atom stereocenters. The molecule has 0 atom stereocenters. The van der Waals surface area contributed by atoms with Gasteiger partial charge in [0, 0.05) is 26.2 Å². The molecule has 11 heteroatoms. The van der Waals surface area contributed by atoms with Gasteiger partial charge >= 0.3 is 5.69 Å². The molecule has 1 fully saturated rings. The molecule has 110 valence electrons. The Balaban J connectivity index is 2.39. The van der Waals surface area contributed by atoms with Crippen LogP contribution in [0.1, 0.15) is 0 Å². The Morgan fingerprint density at radius 2 is 2.25 bits per heavy atom. The van der Waals surface area contributed by atoms with Gasteiger partial charge in [-0.2, -0.15) is 4.31 Å². The van der Waals surface area contributed by atoms with E-state index in [1.165, 1.54) is 7.05 Å². The molecule has 2 heterocycles. The summed E-state index contributed by atoms with van der Waals surface area (Å²) in [7, 11) is -2.42. The van der Waals surface area contributed by atoms with Gasteiger partial charge in [0.05, 0.1) is 11.5 Å². The van der Waals surface area contributed by atoms with E-state index >= 15 is 0 Å². The van der Waals surface area contributed by atoms with Crippen LogP contribution in [-0.2, 0) is 14.8 Å². The lowest BCUT2D eigenvalue weighted by Gasteiger charge is -2.25. The highest BCUT2D eigenvalue weighted by atomic mass is 32.2. The van der Waals surface area contributed by atoms with Gasteiger partial charge in [-0.05, 0) is 0 Å². The minimum Gasteiger partial charge on any atom is -0.374 e. The van der Waals surface area contributed by atoms with E-state index in [0.29, 0.717) is 0 Å².